The Morgan fingerprint density at radius 2 is 1.75 bits per heavy atom. The Morgan fingerprint density at radius 1 is 1.03 bits per heavy atom. The van der Waals surface area contributed by atoms with Crippen LogP contribution in [-0.4, -0.2) is 90.3 Å². The third-order valence-electron chi connectivity index (χ3n) is 8.79. The van der Waals surface area contributed by atoms with Gasteiger partial charge in [-0.1, -0.05) is 0 Å². The average Bonchev–Trinajstić information content (AvgIpc) is 3.16. The van der Waals surface area contributed by atoms with E-state index in [9.17, 15) is 31.2 Å². The second-order valence-electron chi connectivity index (χ2n) is 11.0. The molecule has 0 spiro atoms. The van der Waals surface area contributed by atoms with Crippen LogP contribution in [0.4, 0.5) is 18.0 Å². The van der Waals surface area contributed by atoms with E-state index < -0.39 is 34.3 Å². The Morgan fingerprint density at radius 3 is 2.33 bits per heavy atom. The van der Waals surface area contributed by atoms with Crippen LogP contribution >= 0.6 is 0 Å². The minimum atomic E-state index is -4.39. The highest BCUT2D eigenvalue weighted by Gasteiger charge is 2.52. The molecule has 2 heterocycles. The van der Waals surface area contributed by atoms with E-state index in [2.05, 4.69) is 0 Å². The lowest BCUT2D eigenvalue weighted by Crippen LogP contribution is -2.67. The maximum Gasteiger partial charge on any atom is 0.410 e. The van der Waals surface area contributed by atoms with Crippen LogP contribution in [0.25, 0.3) is 0 Å². The molecule has 36 heavy (non-hydrogen) atoms. The van der Waals surface area contributed by atoms with Crippen LogP contribution in [0.15, 0.2) is 0 Å². The molecule has 2 aliphatic heterocycles. The zero-order valence-corrected chi connectivity index (χ0v) is 22.1. The van der Waals surface area contributed by atoms with Crippen molar-refractivity contribution in [3.63, 3.8) is 0 Å². The summed E-state index contributed by atoms with van der Waals surface area (Å²) >= 11 is 0. The lowest BCUT2D eigenvalue weighted by molar-refractivity contribution is -0.192. The number of hydrogen-bond acceptors (Lipinski definition) is 5. The molecule has 2 saturated heterocycles. The average molecular weight is 538 g/mol. The second-order valence-corrected chi connectivity index (χ2v) is 13.0. The number of sulfonamides is 1. The lowest BCUT2D eigenvalue weighted by Gasteiger charge is -2.54. The van der Waals surface area contributed by atoms with Gasteiger partial charge in [-0.2, -0.15) is 17.5 Å². The first kappa shape index (κ1) is 27.5. The molecule has 7 atom stereocenters. The summed E-state index contributed by atoms with van der Waals surface area (Å²) < 4.78 is 73.6. The second kappa shape index (κ2) is 10.3. The van der Waals surface area contributed by atoms with E-state index in [-0.39, 0.29) is 67.6 Å². The Balaban J connectivity index is 1.59. The van der Waals surface area contributed by atoms with Crippen molar-refractivity contribution in [1.29, 1.82) is 0 Å². The number of fused-ring (bicyclic) bond motifs is 1. The van der Waals surface area contributed by atoms with Crippen molar-refractivity contribution in [2.45, 2.75) is 96.1 Å². The third-order valence-corrected chi connectivity index (χ3v) is 10.8. The molecule has 0 N–H and O–H groups in total. The van der Waals surface area contributed by atoms with Gasteiger partial charge in [0.05, 0.1) is 36.4 Å². The summed E-state index contributed by atoms with van der Waals surface area (Å²) in [6.45, 7) is 5.98. The van der Waals surface area contributed by atoms with Gasteiger partial charge in [-0.15, -0.1) is 0 Å². The van der Waals surface area contributed by atoms with Crippen LogP contribution in [0.5, 0.6) is 0 Å². The van der Waals surface area contributed by atoms with Gasteiger partial charge in [-0.05, 0) is 70.6 Å². The van der Waals surface area contributed by atoms with Gasteiger partial charge in [0.15, 0.2) is 0 Å². The Kier molecular flexibility index (Phi) is 7.86. The fourth-order valence-corrected chi connectivity index (χ4v) is 9.01. The summed E-state index contributed by atoms with van der Waals surface area (Å²) in [4.78, 5) is 28.8. The molecule has 0 aromatic carbocycles. The van der Waals surface area contributed by atoms with Crippen molar-refractivity contribution in [2.75, 3.05) is 25.4 Å². The van der Waals surface area contributed by atoms with Crippen molar-refractivity contribution >= 4 is 22.0 Å². The van der Waals surface area contributed by atoms with Crippen LogP contribution in [0.2, 0.25) is 0 Å². The van der Waals surface area contributed by atoms with E-state index in [1.165, 1.54) is 11.2 Å². The zero-order valence-electron chi connectivity index (χ0n) is 21.2. The zero-order chi connectivity index (χ0) is 26.4. The summed E-state index contributed by atoms with van der Waals surface area (Å²) in [5.41, 5.74) is 0. The van der Waals surface area contributed by atoms with Crippen molar-refractivity contribution in [2.24, 2.45) is 17.8 Å². The number of carbonyl (C=O) groups is 2. The molecule has 6 unspecified atom stereocenters. The monoisotopic (exact) mass is 537 g/mol. The quantitative estimate of drug-likeness (QED) is 0.549. The number of amides is 2. The van der Waals surface area contributed by atoms with E-state index in [1.807, 2.05) is 6.92 Å². The highest BCUT2D eigenvalue weighted by molar-refractivity contribution is 7.89. The predicted octanol–water partition coefficient (Wildman–Crippen LogP) is 3.62. The van der Waals surface area contributed by atoms with Crippen LogP contribution in [0, 0.1) is 17.8 Å². The van der Waals surface area contributed by atoms with Crippen LogP contribution in [0.3, 0.4) is 0 Å². The summed E-state index contributed by atoms with van der Waals surface area (Å²) in [5, 5.41) is 0. The first-order chi connectivity index (χ1) is 16.8. The number of halogens is 3. The standard InChI is InChI=1S/C24H38F3N3O5S/c1-4-35-23(32)30-15(2)14-28(16(3)31)21-7-6-17(12-22(21)30)18-10-19(24(25,26)27)13-20(11-18)29-8-5-9-36(29,33)34/h15,17-22H,4-14H2,1-3H3/t15-,17?,18?,19?,20?,21?,22?/m0/s1. The lowest BCUT2D eigenvalue weighted by atomic mass is 9.66. The van der Waals surface area contributed by atoms with E-state index in [4.69, 9.17) is 4.74 Å². The van der Waals surface area contributed by atoms with Gasteiger partial charge in [0.25, 0.3) is 0 Å². The summed E-state index contributed by atoms with van der Waals surface area (Å²) in [6.07, 6.45) is -2.50. The van der Waals surface area contributed by atoms with Gasteiger partial charge >= 0.3 is 12.3 Å². The molecule has 4 rings (SSSR count). The number of ether oxygens (including phenoxy) is 1. The van der Waals surface area contributed by atoms with Gasteiger partial charge < -0.3 is 9.64 Å². The van der Waals surface area contributed by atoms with Crippen LogP contribution in [-0.2, 0) is 19.6 Å². The van der Waals surface area contributed by atoms with Gasteiger partial charge in [-0.3, -0.25) is 9.69 Å². The Bertz CT molecular complexity index is 946. The number of rotatable bonds is 3. The van der Waals surface area contributed by atoms with Crippen LogP contribution < -0.4 is 0 Å². The molecule has 0 radical (unpaired) electrons. The molecule has 0 aromatic rings. The first-order valence-electron chi connectivity index (χ1n) is 13.1. The molecule has 12 heteroatoms. The molecular weight excluding hydrogens is 499 g/mol. The molecule has 2 aliphatic carbocycles. The minimum absolute atomic E-state index is 0.00863. The van der Waals surface area contributed by atoms with Gasteiger partial charge in [-0.25, -0.2) is 13.2 Å². The van der Waals surface area contributed by atoms with Gasteiger partial charge in [0, 0.05) is 26.1 Å². The SMILES string of the molecule is CCOC(=O)N1C2CC(C3CC(N4CCCS4(=O)=O)CC(C(F)(F)F)C3)CCC2N(C(C)=O)C[C@@H]1C. The molecule has 8 nitrogen and oxygen atoms in total. The van der Waals surface area contributed by atoms with Gasteiger partial charge in [0.2, 0.25) is 15.9 Å². The molecule has 4 fully saturated rings. The third kappa shape index (κ3) is 5.35. The van der Waals surface area contributed by atoms with E-state index in [0.29, 0.717) is 38.6 Å². The summed E-state index contributed by atoms with van der Waals surface area (Å²) in [7, 11) is -3.53. The number of piperazine rings is 1. The van der Waals surface area contributed by atoms with Crippen molar-refractivity contribution in [3.05, 3.63) is 0 Å². The maximum atomic E-state index is 14.0. The van der Waals surface area contributed by atoms with E-state index in [1.54, 1.807) is 16.7 Å². The fraction of sp³-hybridized carbons (Fsp3) is 0.917. The Labute approximate surface area is 211 Å². The molecule has 0 aromatic heterocycles. The smallest absolute Gasteiger partial charge is 0.410 e. The largest absolute Gasteiger partial charge is 0.450 e. The summed E-state index contributed by atoms with van der Waals surface area (Å²) in [5.74, 6) is -2.03. The normalized spacial score (nSPS) is 37.4. The van der Waals surface area contributed by atoms with Crippen molar-refractivity contribution < 1.29 is 35.9 Å². The number of nitrogens with zero attached hydrogens (tertiary/aromatic N) is 3. The maximum absolute atomic E-state index is 14.0. The highest BCUT2D eigenvalue weighted by Crippen LogP contribution is 2.49. The van der Waals surface area contributed by atoms with E-state index in [0.717, 1.165) is 0 Å². The number of alkyl halides is 3. The van der Waals surface area contributed by atoms with Gasteiger partial charge in [0.1, 0.15) is 0 Å². The van der Waals surface area contributed by atoms with E-state index >= 15 is 0 Å². The topological polar surface area (TPSA) is 87.2 Å². The molecular formula is C24H38F3N3O5S. The molecule has 2 amide bonds. The first-order valence-corrected chi connectivity index (χ1v) is 14.7. The number of carbonyl (C=O) groups excluding carboxylic acids is 2. The predicted molar refractivity (Wildman–Crippen MR) is 126 cm³/mol. The molecule has 206 valence electrons. The molecule has 0 bridgehead atoms. The highest BCUT2D eigenvalue weighted by atomic mass is 32.2. The fourth-order valence-electron chi connectivity index (χ4n) is 7.25. The Hall–Kier alpha value is -1.56. The number of hydrogen-bond donors (Lipinski definition) is 0. The summed E-state index contributed by atoms with van der Waals surface area (Å²) in [6, 6.07) is -1.46. The molecule has 2 saturated carbocycles. The molecule has 4 aliphatic rings. The van der Waals surface area contributed by atoms with Crippen molar-refractivity contribution in [1.82, 2.24) is 14.1 Å². The minimum Gasteiger partial charge on any atom is -0.450 e. The van der Waals surface area contributed by atoms with Crippen molar-refractivity contribution in [3.8, 4) is 0 Å². The van der Waals surface area contributed by atoms with Crippen LogP contribution in [0.1, 0.15) is 65.7 Å².